The van der Waals surface area contributed by atoms with E-state index in [4.69, 9.17) is 5.11 Å². The van der Waals surface area contributed by atoms with Gasteiger partial charge in [-0.3, -0.25) is 4.79 Å². The molecule has 0 radical (unpaired) electrons. The first-order valence-corrected chi connectivity index (χ1v) is 4.58. The van der Waals surface area contributed by atoms with Crippen LogP contribution in [-0.4, -0.2) is 11.1 Å². The van der Waals surface area contributed by atoms with E-state index < -0.39 is 45.4 Å². The summed E-state index contributed by atoms with van der Waals surface area (Å²) in [4.78, 5) is 8.38. The van der Waals surface area contributed by atoms with Crippen LogP contribution in [0.25, 0.3) is 0 Å². The topological polar surface area (TPSA) is 37.3 Å². The van der Waals surface area contributed by atoms with E-state index in [1.807, 2.05) is 0 Å². The normalized spacial score (nSPS) is 12.6. The van der Waals surface area contributed by atoms with E-state index in [1.54, 1.807) is 0 Å². The van der Waals surface area contributed by atoms with Gasteiger partial charge in [-0.1, -0.05) is 15.9 Å². The van der Waals surface area contributed by atoms with Crippen LogP contribution in [0.4, 0.5) is 22.0 Å². The maximum atomic E-state index is 13.0. The number of rotatable bonds is 2. The fourth-order valence-corrected chi connectivity index (χ4v) is 1.37. The minimum atomic E-state index is -2.33. The number of halogens is 6. The van der Waals surface area contributed by atoms with Crippen LogP contribution in [0.1, 0.15) is 10.4 Å². The number of alkyl halides is 1. The molecule has 1 atom stereocenters. The zero-order valence-corrected chi connectivity index (χ0v) is 8.79. The molecule has 16 heavy (non-hydrogen) atoms. The van der Waals surface area contributed by atoms with E-state index >= 15 is 0 Å². The zero-order valence-electron chi connectivity index (χ0n) is 7.20. The number of hydrogen-bond donors (Lipinski definition) is 1. The Morgan fingerprint density at radius 2 is 1.25 bits per heavy atom. The lowest BCUT2D eigenvalue weighted by atomic mass is 10.1. The lowest BCUT2D eigenvalue weighted by molar-refractivity contribution is -0.136. The van der Waals surface area contributed by atoms with Crippen LogP contribution in [0.15, 0.2) is 0 Å². The van der Waals surface area contributed by atoms with Crippen molar-refractivity contribution < 1.29 is 31.9 Å². The van der Waals surface area contributed by atoms with Gasteiger partial charge in [0.05, 0.1) is 5.56 Å². The molecule has 88 valence electrons. The van der Waals surface area contributed by atoms with Gasteiger partial charge in [0, 0.05) is 0 Å². The molecule has 1 unspecified atom stereocenters. The molecule has 0 aromatic heterocycles. The molecular formula is C8H2BrF5O2. The molecule has 0 spiro atoms. The van der Waals surface area contributed by atoms with Gasteiger partial charge in [0.15, 0.2) is 23.3 Å². The molecule has 0 aliphatic carbocycles. The van der Waals surface area contributed by atoms with Gasteiger partial charge in [-0.2, -0.15) is 0 Å². The van der Waals surface area contributed by atoms with Crippen molar-refractivity contribution in [1.82, 2.24) is 0 Å². The predicted molar refractivity (Wildman–Crippen MR) is 45.5 cm³/mol. The third-order valence-electron chi connectivity index (χ3n) is 1.71. The Labute approximate surface area is 93.8 Å². The highest BCUT2D eigenvalue weighted by atomic mass is 79.9. The minimum Gasteiger partial charge on any atom is -0.480 e. The quantitative estimate of drug-likeness (QED) is 0.395. The molecule has 0 saturated heterocycles. The Balaban J connectivity index is 3.57. The molecular weight excluding hydrogens is 303 g/mol. The number of carboxylic acids is 1. The summed E-state index contributed by atoms with van der Waals surface area (Å²) >= 11 is 2.31. The molecule has 0 amide bonds. The monoisotopic (exact) mass is 304 g/mol. The number of benzene rings is 1. The second-order valence-corrected chi connectivity index (χ2v) is 3.60. The first kappa shape index (κ1) is 12.9. The molecule has 2 nitrogen and oxygen atoms in total. The second-order valence-electron chi connectivity index (χ2n) is 2.68. The van der Waals surface area contributed by atoms with Gasteiger partial charge in [0.1, 0.15) is 4.83 Å². The SMILES string of the molecule is O=C(O)C(Br)c1c(F)c(F)c(F)c(F)c1F. The Kier molecular flexibility index (Phi) is 3.51. The van der Waals surface area contributed by atoms with Crippen molar-refractivity contribution >= 4 is 21.9 Å². The Bertz CT molecular complexity index is 433. The van der Waals surface area contributed by atoms with Crippen molar-refractivity contribution in [3.05, 3.63) is 34.6 Å². The van der Waals surface area contributed by atoms with Crippen LogP contribution in [-0.2, 0) is 4.79 Å². The first-order valence-electron chi connectivity index (χ1n) is 3.67. The highest BCUT2D eigenvalue weighted by molar-refractivity contribution is 9.09. The Morgan fingerprint density at radius 1 is 0.938 bits per heavy atom. The molecule has 0 aliphatic heterocycles. The lowest BCUT2D eigenvalue weighted by Gasteiger charge is -2.10. The predicted octanol–water partition coefficient (Wildman–Crippen LogP) is 2.90. The highest BCUT2D eigenvalue weighted by Gasteiger charge is 2.32. The highest BCUT2D eigenvalue weighted by Crippen LogP contribution is 2.32. The number of carboxylic acid groups (broad SMARTS) is 1. The van der Waals surface area contributed by atoms with Crippen molar-refractivity contribution in [2.24, 2.45) is 0 Å². The van der Waals surface area contributed by atoms with E-state index in [1.165, 1.54) is 0 Å². The summed E-state index contributed by atoms with van der Waals surface area (Å²) in [5.41, 5.74) is -1.43. The third-order valence-corrected chi connectivity index (χ3v) is 2.56. The number of carbonyl (C=O) groups is 1. The smallest absolute Gasteiger partial charge is 0.322 e. The van der Waals surface area contributed by atoms with Crippen LogP contribution in [0.5, 0.6) is 0 Å². The molecule has 0 saturated carbocycles. The maximum absolute atomic E-state index is 13.0. The van der Waals surface area contributed by atoms with Crippen molar-refractivity contribution in [3.8, 4) is 0 Å². The van der Waals surface area contributed by atoms with Gasteiger partial charge in [0.2, 0.25) is 5.82 Å². The van der Waals surface area contributed by atoms with E-state index in [2.05, 4.69) is 15.9 Å². The van der Waals surface area contributed by atoms with Crippen molar-refractivity contribution in [2.45, 2.75) is 4.83 Å². The van der Waals surface area contributed by atoms with Gasteiger partial charge >= 0.3 is 5.97 Å². The van der Waals surface area contributed by atoms with E-state index in [0.717, 1.165) is 0 Å². The fourth-order valence-electron chi connectivity index (χ4n) is 0.968. The van der Waals surface area contributed by atoms with Gasteiger partial charge in [0.25, 0.3) is 0 Å². The van der Waals surface area contributed by atoms with Crippen LogP contribution in [0.2, 0.25) is 0 Å². The molecule has 1 N–H and O–H groups in total. The van der Waals surface area contributed by atoms with Gasteiger partial charge in [-0.15, -0.1) is 0 Å². The molecule has 0 fully saturated rings. The summed E-state index contributed by atoms with van der Waals surface area (Å²) < 4.78 is 63.9. The molecule has 8 heteroatoms. The summed E-state index contributed by atoms with van der Waals surface area (Å²) in [5.74, 6) is -12.8. The van der Waals surface area contributed by atoms with Crippen molar-refractivity contribution in [1.29, 1.82) is 0 Å². The first-order chi connectivity index (χ1) is 7.29. The molecule has 0 heterocycles. The Hall–Kier alpha value is -1.18. The molecule has 0 bridgehead atoms. The van der Waals surface area contributed by atoms with Crippen LogP contribution < -0.4 is 0 Å². The molecule has 1 aromatic carbocycles. The second kappa shape index (κ2) is 4.36. The summed E-state index contributed by atoms with van der Waals surface area (Å²) in [5, 5.41) is 8.42. The average Bonchev–Trinajstić information content (AvgIpc) is 2.23. The third kappa shape index (κ3) is 1.89. The standard InChI is InChI=1S/C8H2BrF5O2/c9-2(8(15)16)1-3(10)5(12)7(14)6(13)4(1)11/h2H,(H,15,16). The van der Waals surface area contributed by atoms with Crippen molar-refractivity contribution in [3.63, 3.8) is 0 Å². The Morgan fingerprint density at radius 3 is 1.56 bits per heavy atom. The number of aliphatic carboxylic acids is 1. The number of hydrogen-bond acceptors (Lipinski definition) is 1. The van der Waals surface area contributed by atoms with Crippen LogP contribution >= 0.6 is 15.9 Å². The van der Waals surface area contributed by atoms with Gasteiger partial charge in [-0.25, -0.2) is 22.0 Å². The summed E-state index contributed by atoms with van der Waals surface area (Å²) in [6.07, 6.45) is 0. The average molecular weight is 305 g/mol. The largest absolute Gasteiger partial charge is 0.480 e. The zero-order chi connectivity index (χ0) is 12.6. The lowest BCUT2D eigenvalue weighted by Crippen LogP contribution is -2.13. The van der Waals surface area contributed by atoms with Crippen LogP contribution in [0, 0.1) is 29.1 Å². The molecule has 1 aromatic rings. The van der Waals surface area contributed by atoms with Crippen LogP contribution in [0.3, 0.4) is 0 Å². The van der Waals surface area contributed by atoms with Gasteiger partial charge < -0.3 is 5.11 Å². The van der Waals surface area contributed by atoms with E-state index in [0.29, 0.717) is 0 Å². The summed E-state index contributed by atoms with van der Waals surface area (Å²) in [6, 6.07) is 0. The summed E-state index contributed by atoms with van der Waals surface area (Å²) in [7, 11) is 0. The molecule has 1 rings (SSSR count). The van der Waals surface area contributed by atoms with E-state index in [9.17, 15) is 26.7 Å². The van der Waals surface area contributed by atoms with Gasteiger partial charge in [-0.05, 0) is 0 Å². The van der Waals surface area contributed by atoms with Crippen molar-refractivity contribution in [2.75, 3.05) is 0 Å². The maximum Gasteiger partial charge on any atom is 0.322 e. The molecule has 0 aliphatic rings. The fraction of sp³-hybridized carbons (Fsp3) is 0.125. The minimum absolute atomic E-state index is 1.43. The summed E-state index contributed by atoms with van der Waals surface area (Å²) in [6.45, 7) is 0. The van der Waals surface area contributed by atoms with E-state index in [-0.39, 0.29) is 0 Å².